The zero-order chi connectivity index (χ0) is 28.2. The fourth-order valence-electron chi connectivity index (χ4n) is 3.66. The van der Waals surface area contributed by atoms with Crippen LogP contribution in [0.1, 0.15) is 21.9 Å². The Hall–Kier alpha value is -4.08. The number of rotatable bonds is 8. The summed E-state index contributed by atoms with van der Waals surface area (Å²) < 4.78 is 92.2. The van der Waals surface area contributed by atoms with Crippen molar-refractivity contribution in [1.29, 1.82) is 0 Å². The van der Waals surface area contributed by atoms with E-state index in [0.717, 1.165) is 12.1 Å². The minimum atomic E-state index is -4.66. The normalized spacial score (nSPS) is 14.8. The lowest BCUT2D eigenvalue weighted by atomic mass is 10.2. The third-order valence-electron chi connectivity index (χ3n) is 5.50. The standard InChI is InChI=1S/C23H22F6N6O4/c1-37-18(36)17-6-5-16(39-17)12-34-7-9-35(10-8-34)20-31-19(32-21(33-20)38-13-22(24,25)26)30-15-4-2-3-14(11-15)23(27,28)29/h2-6,11H,7-10,12-13H2,1H3,(H,30,31,32,33). The van der Waals surface area contributed by atoms with E-state index in [2.05, 4.69) is 25.0 Å². The van der Waals surface area contributed by atoms with Crippen LogP contribution < -0.4 is 15.0 Å². The Kier molecular flexibility index (Phi) is 8.13. The monoisotopic (exact) mass is 560 g/mol. The highest BCUT2D eigenvalue weighted by atomic mass is 19.4. The average molecular weight is 560 g/mol. The van der Waals surface area contributed by atoms with Gasteiger partial charge in [0.25, 0.3) is 0 Å². The number of nitrogens with one attached hydrogen (secondary N) is 1. The van der Waals surface area contributed by atoms with Crippen LogP contribution in [0.3, 0.4) is 0 Å². The summed E-state index contributed by atoms with van der Waals surface area (Å²) in [6.07, 6.45) is -9.26. The maximum atomic E-state index is 13.1. The molecule has 0 bridgehead atoms. The predicted octanol–water partition coefficient (Wildman–Crippen LogP) is 4.28. The fraction of sp³-hybridized carbons (Fsp3) is 0.391. The third-order valence-corrected chi connectivity index (χ3v) is 5.50. The van der Waals surface area contributed by atoms with Gasteiger partial charge in [-0.1, -0.05) is 6.07 Å². The zero-order valence-electron chi connectivity index (χ0n) is 20.3. The first-order chi connectivity index (χ1) is 18.4. The first-order valence-corrected chi connectivity index (χ1v) is 11.4. The molecule has 3 heterocycles. The predicted molar refractivity (Wildman–Crippen MR) is 124 cm³/mol. The van der Waals surface area contributed by atoms with Gasteiger partial charge in [-0.05, 0) is 30.3 Å². The molecule has 10 nitrogen and oxygen atoms in total. The van der Waals surface area contributed by atoms with Gasteiger partial charge in [0.2, 0.25) is 17.7 Å². The molecule has 0 saturated carbocycles. The van der Waals surface area contributed by atoms with Crippen LogP contribution in [-0.4, -0.2) is 71.9 Å². The molecule has 16 heteroatoms. The van der Waals surface area contributed by atoms with E-state index in [4.69, 9.17) is 9.15 Å². The van der Waals surface area contributed by atoms with Gasteiger partial charge in [0, 0.05) is 31.9 Å². The molecule has 1 fully saturated rings. The largest absolute Gasteiger partial charge is 0.463 e. The number of hydrogen-bond donors (Lipinski definition) is 1. The van der Waals surface area contributed by atoms with Crippen LogP contribution in [0, 0.1) is 0 Å². The lowest BCUT2D eigenvalue weighted by molar-refractivity contribution is -0.154. The molecule has 0 aliphatic carbocycles. The second kappa shape index (κ2) is 11.3. The van der Waals surface area contributed by atoms with Crippen molar-refractivity contribution in [3.8, 4) is 6.01 Å². The molecule has 3 aromatic rings. The molecule has 39 heavy (non-hydrogen) atoms. The van der Waals surface area contributed by atoms with Gasteiger partial charge in [0.05, 0.1) is 19.2 Å². The molecule has 2 aromatic heterocycles. The number of carbonyl (C=O) groups excluding carboxylic acids is 1. The van der Waals surface area contributed by atoms with Crippen LogP contribution in [0.2, 0.25) is 0 Å². The lowest BCUT2D eigenvalue weighted by Crippen LogP contribution is -2.46. The number of alkyl halides is 6. The van der Waals surface area contributed by atoms with E-state index in [-0.39, 0.29) is 23.3 Å². The Bertz CT molecular complexity index is 1290. The molecule has 1 N–H and O–H groups in total. The van der Waals surface area contributed by atoms with Crippen molar-refractivity contribution in [2.45, 2.75) is 18.9 Å². The number of benzene rings is 1. The van der Waals surface area contributed by atoms with Crippen molar-refractivity contribution in [1.82, 2.24) is 19.9 Å². The highest BCUT2D eigenvalue weighted by molar-refractivity contribution is 5.86. The van der Waals surface area contributed by atoms with Crippen molar-refractivity contribution >= 4 is 23.6 Å². The molecule has 0 amide bonds. The van der Waals surface area contributed by atoms with Crippen LogP contribution in [0.25, 0.3) is 0 Å². The first-order valence-electron chi connectivity index (χ1n) is 11.4. The van der Waals surface area contributed by atoms with Gasteiger partial charge in [-0.25, -0.2) is 4.79 Å². The summed E-state index contributed by atoms with van der Waals surface area (Å²) >= 11 is 0. The lowest BCUT2D eigenvalue weighted by Gasteiger charge is -2.34. The molecule has 0 unspecified atom stereocenters. The summed E-state index contributed by atoms with van der Waals surface area (Å²) in [6.45, 7) is 0.408. The molecule has 1 aromatic carbocycles. The Morgan fingerprint density at radius 2 is 1.77 bits per heavy atom. The van der Waals surface area contributed by atoms with Crippen LogP contribution in [0.5, 0.6) is 6.01 Å². The van der Waals surface area contributed by atoms with E-state index in [0.29, 0.717) is 38.5 Å². The molecule has 0 radical (unpaired) electrons. The van der Waals surface area contributed by atoms with Crippen LogP contribution in [-0.2, 0) is 17.5 Å². The highest BCUT2D eigenvalue weighted by Crippen LogP contribution is 2.31. The second-order valence-corrected chi connectivity index (χ2v) is 8.37. The van der Waals surface area contributed by atoms with Crippen LogP contribution in [0.15, 0.2) is 40.8 Å². The number of carbonyl (C=O) groups is 1. The van der Waals surface area contributed by atoms with Crippen molar-refractivity contribution in [2.24, 2.45) is 0 Å². The number of ether oxygens (including phenoxy) is 2. The molecule has 4 rings (SSSR count). The van der Waals surface area contributed by atoms with E-state index in [1.54, 1.807) is 11.0 Å². The van der Waals surface area contributed by atoms with Crippen LogP contribution >= 0.6 is 0 Å². The van der Waals surface area contributed by atoms with E-state index in [9.17, 15) is 31.1 Å². The SMILES string of the molecule is COC(=O)c1ccc(CN2CCN(c3nc(Nc4cccc(C(F)(F)F)c4)nc(OCC(F)(F)F)n3)CC2)o1. The molecule has 210 valence electrons. The number of nitrogens with zero attached hydrogens (tertiary/aromatic N) is 5. The van der Waals surface area contributed by atoms with Crippen LogP contribution in [0.4, 0.5) is 43.9 Å². The number of esters is 1. The number of halogens is 6. The van der Waals surface area contributed by atoms with E-state index < -0.39 is 36.5 Å². The quantitative estimate of drug-likeness (QED) is 0.317. The number of aromatic nitrogens is 3. The number of hydrogen-bond acceptors (Lipinski definition) is 10. The van der Waals surface area contributed by atoms with E-state index in [1.165, 1.54) is 25.3 Å². The smallest absolute Gasteiger partial charge is 0.422 e. The summed E-state index contributed by atoms with van der Waals surface area (Å²) in [7, 11) is 1.24. The van der Waals surface area contributed by atoms with Crippen molar-refractivity contribution in [2.75, 3.05) is 50.1 Å². The first kappa shape index (κ1) is 27.9. The topological polar surface area (TPSA) is 106 Å². The highest BCUT2D eigenvalue weighted by Gasteiger charge is 2.31. The minimum absolute atomic E-state index is 0.0118. The molecule has 1 aliphatic heterocycles. The number of piperazine rings is 1. The van der Waals surface area contributed by atoms with Gasteiger partial charge in [-0.2, -0.15) is 41.3 Å². The molecular formula is C23H22F6N6O4. The molecule has 0 spiro atoms. The van der Waals surface area contributed by atoms with Gasteiger partial charge >= 0.3 is 24.3 Å². The maximum Gasteiger partial charge on any atom is 0.422 e. The summed E-state index contributed by atoms with van der Waals surface area (Å²) in [5.41, 5.74) is -0.958. The van der Waals surface area contributed by atoms with Gasteiger partial charge in [-0.3, -0.25) is 4.90 Å². The maximum absolute atomic E-state index is 13.1. The summed E-state index contributed by atoms with van der Waals surface area (Å²) in [6, 6.07) is 6.71. The van der Waals surface area contributed by atoms with Gasteiger partial charge < -0.3 is 24.1 Å². The Labute approximate surface area is 217 Å². The average Bonchev–Trinajstić information content (AvgIpc) is 3.35. The van der Waals surface area contributed by atoms with Gasteiger partial charge in [0.15, 0.2) is 6.61 Å². The Morgan fingerprint density at radius 1 is 1.03 bits per heavy atom. The van der Waals surface area contributed by atoms with Crippen molar-refractivity contribution < 1.29 is 45.0 Å². The van der Waals surface area contributed by atoms with Crippen molar-refractivity contribution in [3.05, 3.63) is 53.5 Å². The van der Waals surface area contributed by atoms with E-state index >= 15 is 0 Å². The van der Waals surface area contributed by atoms with Gasteiger partial charge in [0.1, 0.15) is 5.76 Å². The Balaban J connectivity index is 1.48. The number of methoxy groups -OCH3 is 1. The summed E-state index contributed by atoms with van der Waals surface area (Å²) in [4.78, 5) is 27.2. The molecular weight excluding hydrogens is 538 g/mol. The Morgan fingerprint density at radius 3 is 2.44 bits per heavy atom. The third kappa shape index (κ3) is 7.72. The summed E-state index contributed by atoms with van der Waals surface area (Å²) in [5.74, 6) is -0.283. The molecule has 1 saturated heterocycles. The fourth-order valence-corrected chi connectivity index (χ4v) is 3.66. The molecule has 1 aliphatic rings. The van der Waals surface area contributed by atoms with Gasteiger partial charge in [-0.15, -0.1) is 0 Å². The van der Waals surface area contributed by atoms with E-state index in [1.807, 2.05) is 4.90 Å². The minimum Gasteiger partial charge on any atom is -0.463 e. The second-order valence-electron chi connectivity index (χ2n) is 8.37. The number of anilines is 3. The number of furan rings is 1. The zero-order valence-corrected chi connectivity index (χ0v) is 20.3. The molecule has 0 atom stereocenters. The summed E-state index contributed by atoms with van der Waals surface area (Å²) in [5, 5.41) is 2.58. The van der Waals surface area contributed by atoms with Crippen molar-refractivity contribution in [3.63, 3.8) is 0 Å².